The summed E-state index contributed by atoms with van der Waals surface area (Å²) in [4.78, 5) is 0. The Morgan fingerprint density at radius 2 is 1.95 bits per heavy atom. The van der Waals surface area contributed by atoms with Crippen molar-refractivity contribution in [2.75, 3.05) is 13.2 Å². The fraction of sp³-hybridized carbons (Fsp3) is 1.00. The minimum atomic E-state index is 0.252. The topological polar surface area (TPSA) is 21.3 Å². The van der Waals surface area contributed by atoms with Gasteiger partial charge in [0, 0.05) is 12.6 Å². The van der Waals surface area contributed by atoms with E-state index in [9.17, 15) is 0 Å². The molecule has 1 N–H and O–H groups in total. The van der Waals surface area contributed by atoms with Crippen LogP contribution < -0.4 is 5.32 Å². The first-order valence-electron chi connectivity index (χ1n) is 8.58. The van der Waals surface area contributed by atoms with Crippen molar-refractivity contribution >= 4 is 0 Å². The third-order valence-electron chi connectivity index (χ3n) is 5.50. The second-order valence-corrected chi connectivity index (χ2v) is 6.81. The molecule has 2 rings (SSSR count). The Bertz CT molecular complexity index is 254. The summed E-state index contributed by atoms with van der Waals surface area (Å²) in [6.07, 6.45) is 10.6. The predicted octanol–water partition coefficient (Wildman–Crippen LogP) is 4.14. The van der Waals surface area contributed by atoms with Gasteiger partial charge in [-0.05, 0) is 44.1 Å². The molecule has 112 valence electrons. The van der Waals surface area contributed by atoms with E-state index in [-0.39, 0.29) is 5.60 Å². The van der Waals surface area contributed by atoms with E-state index in [0.29, 0.717) is 6.04 Å². The lowest BCUT2D eigenvalue weighted by molar-refractivity contribution is -0.124. The van der Waals surface area contributed by atoms with E-state index in [1.54, 1.807) is 0 Å². The molecule has 1 aliphatic carbocycles. The highest BCUT2D eigenvalue weighted by molar-refractivity contribution is 4.94. The summed E-state index contributed by atoms with van der Waals surface area (Å²) in [5.74, 6) is 1.60. The summed E-state index contributed by atoms with van der Waals surface area (Å²) < 4.78 is 6.25. The van der Waals surface area contributed by atoms with Crippen molar-refractivity contribution in [3.05, 3.63) is 0 Å². The molecule has 0 aromatic rings. The molecule has 1 heterocycles. The molecule has 0 radical (unpaired) electrons. The van der Waals surface area contributed by atoms with Crippen molar-refractivity contribution in [2.24, 2.45) is 11.8 Å². The Kier molecular flexibility index (Phi) is 5.70. The third kappa shape index (κ3) is 3.72. The number of ether oxygens (including phenoxy) is 1. The van der Waals surface area contributed by atoms with Crippen molar-refractivity contribution in [1.82, 2.24) is 5.32 Å². The van der Waals surface area contributed by atoms with E-state index in [4.69, 9.17) is 4.74 Å². The molecule has 2 heteroatoms. The Morgan fingerprint density at radius 1 is 1.21 bits per heavy atom. The van der Waals surface area contributed by atoms with Crippen LogP contribution in [0.4, 0.5) is 0 Å². The Labute approximate surface area is 119 Å². The maximum Gasteiger partial charge on any atom is 0.0685 e. The standard InChI is InChI=1S/C17H33NO/c1-4-14(3)16(18-5-2)15-9-12-19-17(13-15)10-7-6-8-11-17/h14-16,18H,4-13H2,1-3H3. The monoisotopic (exact) mass is 267 g/mol. The molecule has 1 saturated carbocycles. The quantitative estimate of drug-likeness (QED) is 0.808. The minimum Gasteiger partial charge on any atom is -0.375 e. The molecule has 1 aliphatic heterocycles. The first-order valence-corrected chi connectivity index (χ1v) is 8.58. The van der Waals surface area contributed by atoms with Gasteiger partial charge in [-0.25, -0.2) is 0 Å². The maximum absolute atomic E-state index is 6.25. The predicted molar refractivity (Wildman–Crippen MR) is 81.4 cm³/mol. The van der Waals surface area contributed by atoms with E-state index in [0.717, 1.165) is 25.0 Å². The average Bonchev–Trinajstić information content (AvgIpc) is 2.45. The highest BCUT2D eigenvalue weighted by atomic mass is 16.5. The van der Waals surface area contributed by atoms with Gasteiger partial charge >= 0.3 is 0 Å². The van der Waals surface area contributed by atoms with Crippen molar-refractivity contribution in [3.8, 4) is 0 Å². The fourth-order valence-corrected chi connectivity index (χ4v) is 4.24. The zero-order valence-electron chi connectivity index (χ0n) is 13.2. The van der Waals surface area contributed by atoms with Crippen LogP contribution in [0.2, 0.25) is 0 Å². The molecule has 1 spiro atoms. The van der Waals surface area contributed by atoms with Crippen LogP contribution in [0.25, 0.3) is 0 Å². The molecule has 0 aromatic carbocycles. The highest BCUT2D eigenvalue weighted by Crippen LogP contribution is 2.42. The third-order valence-corrected chi connectivity index (χ3v) is 5.50. The van der Waals surface area contributed by atoms with Gasteiger partial charge in [-0.2, -0.15) is 0 Å². The van der Waals surface area contributed by atoms with Gasteiger partial charge in [-0.15, -0.1) is 0 Å². The number of hydrogen-bond donors (Lipinski definition) is 1. The zero-order chi connectivity index (χ0) is 13.7. The SMILES string of the molecule is CCNC(C(C)CC)C1CCOC2(CCCCC2)C1. The normalized spacial score (nSPS) is 30.2. The fourth-order valence-electron chi connectivity index (χ4n) is 4.24. The van der Waals surface area contributed by atoms with Crippen molar-refractivity contribution in [3.63, 3.8) is 0 Å². The molecular weight excluding hydrogens is 234 g/mol. The Hall–Kier alpha value is -0.0800. The van der Waals surface area contributed by atoms with Gasteiger partial charge in [0.05, 0.1) is 5.60 Å². The van der Waals surface area contributed by atoms with E-state index < -0.39 is 0 Å². The molecule has 2 aliphatic rings. The van der Waals surface area contributed by atoms with E-state index in [1.165, 1.54) is 51.4 Å². The summed E-state index contributed by atoms with van der Waals surface area (Å²) in [7, 11) is 0. The van der Waals surface area contributed by atoms with Crippen molar-refractivity contribution < 1.29 is 4.74 Å². The molecule has 1 saturated heterocycles. The summed E-state index contributed by atoms with van der Waals surface area (Å²) in [6, 6.07) is 0.692. The molecule has 0 bridgehead atoms. The van der Waals surface area contributed by atoms with Crippen LogP contribution in [-0.2, 0) is 4.74 Å². The maximum atomic E-state index is 6.25. The summed E-state index contributed by atoms with van der Waals surface area (Å²) in [6.45, 7) is 9.06. The minimum absolute atomic E-state index is 0.252. The summed E-state index contributed by atoms with van der Waals surface area (Å²) in [5, 5.41) is 3.77. The molecule has 3 unspecified atom stereocenters. The summed E-state index contributed by atoms with van der Waals surface area (Å²) in [5.41, 5.74) is 0.252. The zero-order valence-corrected chi connectivity index (χ0v) is 13.2. The summed E-state index contributed by atoms with van der Waals surface area (Å²) >= 11 is 0. The molecule has 19 heavy (non-hydrogen) atoms. The number of nitrogens with one attached hydrogen (secondary N) is 1. The van der Waals surface area contributed by atoms with Crippen LogP contribution in [0, 0.1) is 11.8 Å². The second-order valence-electron chi connectivity index (χ2n) is 6.81. The molecule has 0 aromatic heterocycles. The lowest BCUT2D eigenvalue weighted by Gasteiger charge is -2.46. The van der Waals surface area contributed by atoms with Crippen LogP contribution in [0.15, 0.2) is 0 Å². The van der Waals surface area contributed by atoms with Crippen LogP contribution in [0.3, 0.4) is 0 Å². The molecule has 2 fully saturated rings. The van der Waals surface area contributed by atoms with Gasteiger partial charge in [0.2, 0.25) is 0 Å². The van der Waals surface area contributed by atoms with Crippen molar-refractivity contribution in [1.29, 1.82) is 0 Å². The highest BCUT2D eigenvalue weighted by Gasteiger charge is 2.41. The lowest BCUT2D eigenvalue weighted by Crippen LogP contribution is -2.49. The number of rotatable bonds is 5. The largest absolute Gasteiger partial charge is 0.375 e. The van der Waals surface area contributed by atoms with Crippen LogP contribution in [0.1, 0.15) is 72.1 Å². The van der Waals surface area contributed by atoms with E-state index in [1.807, 2.05) is 0 Å². The van der Waals surface area contributed by atoms with Gasteiger partial charge in [-0.3, -0.25) is 0 Å². The van der Waals surface area contributed by atoms with Gasteiger partial charge in [-0.1, -0.05) is 46.5 Å². The van der Waals surface area contributed by atoms with Crippen molar-refractivity contribution in [2.45, 2.75) is 83.8 Å². The molecule has 0 amide bonds. The first-order chi connectivity index (χ1) is 9.21. The van der Waals surface area contributed by atoms with Gasteiger partial charge in [0.1, 0.15) is 0 Å². The molecular formula is C17H33NO. The van der Waals surface area contributed by atoms with Crippen LogP contribution >= 0.6 is 0 Å². The van der Waals surface area contributed by atoms with E-state index >= 15 is 0 Å². The Balaban J connectivity index is 2.01. The van der Waals surface area contributed by atoms with Gasteiger partial charge in [0.15, 0.2) is 0 Å². The smallest absolute Gasteiger partial charge is 0.0685 e. The lowest BCUT2D eigenvalue weighted by atomic mass is 9.72. The van der Waals surface area contributed by atoms with Gasteiger partial charge < -0.3 is 10.1 Å². The molecule has 2 nitrogen and oxygen atoms in total. The first kappa shape index (κ1) is 15.3. The molecule has 3 atom stereocenters. The number of hydrogen-bond acceptors (Lipinski definition) is 2. The Morgan fingerprint density at radius 3 is 2.58 bits per heavy atom. The van der Waals surface area contributed by atoms with Crippen LogP contribution in [-0.4, -0.2) is 24.8 Å². The average molecular weight is 267 g/mol. The second kappa shape index (κ2) is 7.08. The van der Waals surface area contributed by atoms with Gasteiger partial charge in [0.25, 0.3) is 0 Å². The van der Waals surface area contributed by atoms with E-state index in [2.05, 4.69) is 26.1 Å². The van der Waals surface area contributed by atoms with Crippen LogP contribution in [0.5, 0.6) is 0 Å².